The van der Waals surface area contributed by atoms with Crippen LogP contribution in [0.3, 0.4) is 0 Å². The number of urea groups is 1. The molecule has 4 amide bonds. The molecule has 1 aliphatic heterocycles. The monoisotopic (exact) mass is 285 g/mol. The summed E-state index contributed by atoms with van der Waals surface area (Å²) < 4.78 is 4.45. The van der Waals surface area contributed by atoms with E-state index in [-0.39, 0.29) is 31.3 Å². The molecule has 0 aromatic rings. The van der Waals surface area contributed by atoms with Crippen LogP contribution in [-0.2, 0) is 19.1 Å². The Morgan fingerprint density at radius 2 is 1.95 bits per heavy atom. The molecule has 1 rings (SSSR count). The third-order valence-corrected chi connectivity index (χ3v) is 3.01. The first-order valence-electron chi connectivity index (χ1n) is 6.14. The Morgan fingerprint density at radius 3 is 2.40 bits per heavy atom. The molecular weight excluding hydrogens is 266 g/mol. The smallest absolute Gasteiger partial charge is 0.325 e. The number of esters is 1. The zero-order chi connectivity index (χ0) is 15.5. The molecule has 0 radical (unpaired) electrons. The van der Waals surface area contributed by atoms with Crippen LogP contribution >= 0.6 is 0 Å². The second kappa shape index (κ2) is 5.89. The fourth-order valence-electron chi connectivity index (χ4n) is 1.77. The SMILES string of the molecule is COC(=O)CN(C)C(=O)CCN1C(=O)NC(C)(C)C1=O. The predicted octanol–water partition coefficient (Wildman–Crippen LogP) is -0.662. The summed E-state index contributed by atoms with van der Waals surface area (Å²) in [6.45, 7) is 3.01. The van der Waals surface area contributed by atoms with E-state index in [0.717, 1.165) is 4.90 Å². The Hall–Kier alpha value is -2.12. The summed E-state index contributed by atoms with van der Waals surface area (Å²) in [4.78, 5) is 48.5. The number of hydrogen-bond acceptors (Lipinski definition) is 5. The summed E-state index contributed by atoms with van der Waals surface area (Å²) >= 11 is 0. The fourth-order valence-corrected chi connectivity index (χ4v) is 1.77. The molecular formula is C12H19N3O5. The highest BCUT2D eigenvalue weighted by Gasteiger charge is 2.44. The number of likely N-dealkylation sites (N-methyl/N-ethyl adjacent to an activating group) is 1. The van der Waals surface area contributed by atoms with Crippen molar-refractivity contribution in [2.24, 2.45) is 0 Å². The Balaban J connectivity index is 2.51. The lowest BCUT2D eigenvalue weighted by atomic mass is 10.1. The third kappa shape index (κ3) is 3.46. The van der Waals surface area contributed by atoms with Crippen molar-refractivity contribution in [1.29, 1.82) is 0 Å². The Labute approximate surface area is 117 Å². The first-order valence-corrected chi connectivity index (χ1v) is 6.14. The van der Waals surface area contributed by atoms with Crippen LogP contribution in [0.2, 0.25) is 0 Å². The maximum Gasteiger partial charge on any atom is 0.325 e. The number of imide groups is 1. The second-order valence-electron chi connectivity index (χ2n) is 5.09. The van der Waals surface area contributed by atoms with Gasteiger partial charge in [-0.25, -0.2) is 4.79 Å². The van der Waals surface area contributed by atoms with Crippen LogP contribution in [0.1, 0.15) is 20.3 Å². The van der Waals surface area contributed by atoms with Gasteiger partial charge in [-0.2, -0.15) is 0 Å². The van der Waals surface area contributed by atoms with E-state index in [1.165, 1.54) is 19.1 Å². The van der Waals surface area contributed by atoms with Crippen LogP contribution in [0.25, 0.3) is 0 Å². The van der Waals surface area contributed by atoms with E-state index in [2.05, 4.69) is 10.1 Å². The number of carbonyl (C=O) groups is 4. The van der Waals surface area contributed by atoms with Gasteiger partial charge in [0.05, 0.1) is 7.11 Å². The topological polar surface area (TPSA) is 96.0 Å². The molecule has 0 atom stereocenters. The fraction of sp³-hybridized carbons (Fsp3) is 0.667. The summed E-state index contributed by atoms with van der Waals surface area (Å²) in [7, 11) is 2.69. The average Bonchev–Trinajstić information content (AvgIpc) is 2.55. The zero-order valence-electron chi connectivity index (χ0n) is 12.1. The van der Waals surface area contributed by atoms with Gasteiger partial charge in [-0.3, -0.25) is 19.3 Å². The van der Waals surface area contributed by atoms with E-state index in [0.29, 0.717) is 0 Å². The number of carbonyl (C=O) groups excluding carboxylic acids is 4. The Kier molecular flexibility index (Phi) is 4.69. The van der Waals surface area contributed by atoms with Crippen molar-refractivity contribution in [2.45, 2.75) is 25.8 Å². The van der Waals surface area contributed by atoms with E-state index >= 15 is 0 Å². The summed E-state index contributed by atoms with van der Waals surface area (Å²) in [5, 5.41) is 2.53. The molecule has 0 aliphatic carbocycles. The van der Waals surface area contributed by atoms with Gasteiger partial charge in [0.15, 0.2) is 0 Å². The third-order valence-electron chi connectivity index (χ3n) is 3.01. The van der Waals surface area contributed by atoms with Crippen LogP contribution in [0.5, 0.6) is 0 Å². The maximum atomic E-state index is 11.9. The van der Waals surface area contributed by atoms with Crippen molar-refractivity contribution in [3.05, 3.63) is 0 Å². The number of nitrogens with one attached hydrogen (secondary N) is 1. The average molecular weight is 285 g/mol. The lowest BCUT2D eigenvalue weighted by molar-refractivity contribution is -0.146. The van der Waals surface area contributed by atoms with E-state index in [4.69, 9.17) is 0 Å². The molecule has 0 saturated carbocycles. The van der Waals surface area contributed by atoms with Crippen molar-refractivity contribution in [3.8, 4) is 0 Å². The number of methoxy groups -OCH3 is 1. The van der Waals surface area contributed by atoms with Gasteiger partial charge in [0.25, 0.3) is 5.91 Å². The van der Waals surface area contributed by atoms with Gasteiger partial charge in [0.2, 0.25) is 5.91 Å². The number of ether oxygens (including phenoxy) is 1. The number of nitrogens with zero attached hydrogens (tertiary/aromatic N) is 2. The minimum atomic E-state index is -0.946. The minimum Gasteiger partial charge on any atom is -0.468 e. The van der Waals surface area contributed by atoms with Gasteiger partial charge >= 0.3 is 12.0 Å². The van der Waals surface area contributed by atoms with Crippen LogP contribution in [0.4, 0.5) is 4.79 Å². The van der Waals surface area contributed by atoms with Gasteiger partial charge in [0, 0.05) is 20.0 Å². The molecule has 1 heterocycles. The molecule has 0 unspecified atom stereocenters. The van der Waals surface area contributed by atoms with Gasteiger partial charge < -0.3 is 15.0 Å². The van der Waals surface area contributed by atoms with Gasteiger partial charge in [0.1, 0.15) is 12.1 Å². The molecule has 0 aromatic heterocycles. The maximum absolute atomic E-state index is 11.9. The standard InChI is InChI=1S/C12H19N3O5/c1-12(2)10(18)15(11(19)13-12)6-5-8(16)14(3)7-9(17)20-4/h5-7H2,1-4H3,(H,13,19). The van der Waals surface area contributed by atoms with E-state index < -0.39 is 17.5 Å². The van der Waals surface area contributed by atoms with Gasteiger partial charge in [-0.05, 0) is 13.8 Å². The number of amides is 4. The highest BCUT2D eigenvalue weighted by Crippen LogP contribution is 2.16. The van der Waals surface area contributed by atoms with Crippen LogP contribution in [0.15, 0.2) is 0 Å². The zero-order valence-corrected chi connectivity index (χ0v) is 12.1. The molecule has 1 saturated heterocycles. The quantitative estimate of drug-likeness (QED) is 0.534. The van der Waals surface area contributed by atoms with E-state index in [9.17, 15) is 19.2 Å². The highest BCUT2D eigenvalue weighted by atomic mass is 16.5. The van der Waals surface area contributed by atoms with E-state index in [1.54, 1.807) is 13.8 Å². The molecule has 8 nitrogen and oxygen atoms in total. The summed E-state index contributed by atoms with van der Waals surface area (Å²) in [5.74, 6) is -1.25. The lowest BCUT2D eigenvalue weighted by Crippen LogP contribution is -2.41. The minimum absolute atomic E-state index is 0.0154. The number of hydrogen-bond donors (Lipinski definition) is 1. The predicted molar refractivity (Wildman–Crippen MR) is 68.6 cm³/mol. The summed E-state index contributed by atoms with van der Waals surface area (Å²) in [5.41, 5.74) is -0.946. The highest BCUT2D eigenvalue weighted by molar-refractivity contribution is 6.06. The van der Waals surface area contributed by atoms with Crippen molar-refractivity contribution in [2.75, 3.05) is 27.2 Å². The molecule has 20 heavy (non-hydrogen) atoms. The van der Waals surface area contributed by atoms with Crippen LogP contribution in [-0.4, -0.2) is 66.4 Å². The Morgan fingerprint density at radius 1 is 1.35 bits per heavy atom. The molecule has 0 spiro atoms. The van der Waals surface area contributed by atoms with Crippen molar-refractivity contribution in [1.82, 2.24) is 15.1 Å². The molecule has 1 fully saturated rings. The largest absolute Gasteiger partial charge is 0.468 e. The van der Waals surface area contributed by atoms with Crippen molar-refractivity contribution >= 4 is 23.8 Å². The van der Waals surface area contributed by atoms with Crippen molar-refractivity contribution in [3.63, 3.8) is 0 Å². The van der Waals surface area contributed by atoms with E-state index in [1.807, 2.05) is 0 Å². The van der Waals surface area contributed by atoms with Crippen LogP contribution < -0.4 is 5.32 Å². The summed E-state index contributed by atoms with van der Waals surface area (Å²) in [6.07, 6.45) is -0.0390. The Bertz CT molecular complexity index is 446. The molecule has 0 aromatic carbocycles. The summed E-state index contributed by atoms with van der Waals surface area (Å²) in [6, 6.07) is -0.511. The number of rotatable bonds is 5. The molecule has 0 bridgehead atoms. The molecule has 112 valence electrons. The van der Waals surface area contributed by atoms with Crippen molar-refractivity contribution < 1.29 is 23.9 Å². The lowest BCUT2D eigenvalue weighted by Gasteiger charge is -2.18. The molecule has 1 aliphatic rings. The normalized spacial score (nSPS) is 16.9. The van der Waals surface area contributed by atoms with Gasteiger partial charge in [-0.15, -0.1) is 0 Å². The molecule has 8 heteroatoms. The first-order chi connectivity index (χ1) is 9.19. The van der Waals surface area contributed by atoms with Crippen LogP contribution in [0, 0.1) is 0 Å². The second-order valence-corrected chi connectivity index (χ2v) is 5.09. The first kappa shape index (κ1) is 15.9. The van der Waals surface area contributed by atoms with Gasteiger partial charge in [-0.1, -0.05) is 0 Å². The molecule has 1 N–H and O–H groups in total.